The number of aromatic nitrogens is 2. The molecule has 0 aliphatic carbocycles. The molecule has 198 valence electrons. The summed E-state index contributed by atoms with van der Waals surface area (Å²) < 4.78 is 51.2. The van der Waals surface area contributed by atoms with Crippen molar-refractivity contribution in [1.29, 1.82) is 0 Å². The van der Waals surface area contributed by atoms with Crippen LogP contribution in [-0.2, 0) is 21.2 Å². The summed E-state index contributed by atoms with van der Waals surface area (Å²) in [5.41, 5.74) is 0.893. The lowest BCUT2D eigenvalue weighted by Crippen LogP contribution is -2.37. The normalized spacial score (nSPS) is 13.7. The van der Waals surface area contributed by atoms with E-state index in [9.17, 15) is 13.5 Å². The summed E-state index contributed by atoms with van der Waals surface area (Å²) in [6, 6.07) is 16.1. The lowest BCUT2D eigenvalue weighted by molar-refractivity contribution is 0.122. The van der Waals surface area contributed by atoms with Gasteiger partial charge in [-0.1, -0.05) is 36.4 Å². The monoisotopic (exact) mass is 530 g/mol. The van der Waals surface area contributed by atoms with Gasteiger partial charge in [0, 0.05) is 19.2 Å². The van der Waals surface area contributed by atoms with Crippen LogP contribution in [0, 0.1) is 0 Å². The van der Waals surface area contributed by atoms with E-state index < -0.39 is 10.0 Å². The standard InChI is InChI=1S/C25H30N4O7S/c1-33-20-8-5-9-21(18-20)36-22-23(28-37(31,32)17-10-19-6-3-2-4-7-19)26-25(27-24(22)35-16-13-30)29-11-14-34-15-12-29/h2-9,18,30H,10-17H2,1H3,(H,26,27,28). The van der Waals surface area contributed by atoms with Gasteiger partial charge in [0.25, 0.3) is 5.88 Å². The van der Waals surface area contributed by atoms with Crippen molar-refractivity contribution in [3.05, 3.63) is 60.2 Å². The van der Waals surface area contributed by atoms with E-state index >= 15 is 0 Å². The van der Waals surface area contributed by atoms with E-state index in [2.05, 4.69) is 14.7 Å². The van der Waals surface area contributed by atoms with Crippen molar-refractivity contribution in [3.63, 3.8) is 0 Å². The van der Waals surface area contributed by atoms with Crippen molar-refractivity contribution < 1.29 is 32.5 Å². The number of hydrogen-bond acceptors (Lipinski definition) is 10. The summed E-state index contributed by atoms with van der Waals surface area (Å²) in [5.74, 6) is 0.900. The molecule has 0 bridgehead atoms. The summed E-state index contributed by atoms with van der Waals surface area (Å²) >= 11 is 0. The predicted molar refractivity (Wildman–Crippen MR) is 138 cm³/mol. The molecule has 0 radical (unpaired) electrons. The highest BCUT2D eigenvalue weighted by Gasteiger charge is 2.25. The second-order valence-electron chi connectivity index (χ2n) is 8.12. The SMILES string of the molecule is COc1cccc(Oc2c(NS(=O)(=O)CCc3ccccc3)nc(N3CCOCC3)nc2OCCO)c1. The fourth-order valence-corrected chi connectivity index (χ4v) is 4.64. The highest BCUT2D eigenvalue weighted by atomic mass is 32.2. The molecule has 12 heteroatoms. The molecule has 1 saturated heterocycles. The van der Waals surface area contributed by atoms with Crippen LogP contribution >= 0.6 is 0 Å². The van der Waals surface area contributed by atoms with Gasteiger partial charge in [-0.05, 0) is 24.1 Å². The van der Waals surface area contributed by atoms with Gasteiger partial charge in [0.2, 0.25) is 21.7 Å². The zero-order chi connectivity index (χ0) is 26.1. The largest absolute Gasteiger partial charge is 0.497 e. The Morgan fingerprint density at radius 3 is 2.54 bits per heavy atom. The third-order valence-corrected chi connectivity index (χ3v) is 6.71. The third-order valence-electron chi connectivity index (χ3n) is 5.46. The van der Waals surface area contributed by atoms with Gasteiger partial charge in [0.05, 0.1) is 32.7 Å². The van der Waals surface area contributed by atoms with E-state index in [1.165, 1.54) is 7.11 Å². The maximum atomic E-state index is 13.1. The van der Waals surface area contributed by atoms with Crippen molar-refractivity contribution in [2.75, 3.05) is 62.0 Å². The van der Waals surface area contributed by atoms with Gasteiger partial charge in [-0.15, -0.1) is 0 Å². The summed E-state index contributed by atoms with van der Waals surface area (Å²) in [6.07, 6.45) is 0.317. The minimum Gasteiger partial charge on any atom is -0.497 e. The minimum absolute atomic E-state index is 0.00544. The molecule has 0 saturated carbocycles. The topological polar surface area (TPSA) is 132 Å². The first-order chi connectivity index (χ1) is 18.0. The second kappa shape index (κ2) is 12.6. The number of anilines is 2. The van der Waals surface area contributed by atoms with Gasteiger partial charge >= 0.3 is 0 Å². The molecule has 2 heterocycles. The highest BCUT2D eigenvalue weighted by Crippen LogP contribution is 2.39. The Hall–Kier alpha value is -3.61. The molecule has 11 nitrogen and oxygen atoms in total. The van der Waals surface area contributed by atoms with Crippen LogP contribution in [0.25, 0.3) is 0 Å². The number of hydrogen-bond donors (Lipinski definition) is 2. The molecule has 1 fully saturated rings. The first kappa shape index (κ1) is 26.5. The molecule has 0 unspecified atom stereocenters. The number of aryl methyl sites for hydroxylation is 1. The Kier molecular flexibility index (Phi) is 8.99. The molecule has 2 aromatic carbocycles. The van der Waals surface area contributed by atoms with E-state index in [0.717, 1.165) is 5.56 Å². The summed E-state index contributed by atoms with van der Waals surface area (Å²) in [4.78, 5) is 10.9. The van der Waals surface area contributed by atoms with Gasteiger partial charge in [0.15, 0.2) is 5.82 Å². The average molecular weight is 531 g/mol. The molecular formula is C25H30N4O7S. The molecule has 1 aromatic heterocycles. The van der Waals surface area contributed by atoms with Crippen LogP contribution in [0.1, 0.15) is 5.56 Å². The molecule has 0 amide bonds. The van der Waals surface area contributed by atoms with Crippen molar-refractivity contribution in [2.24, 2.45) is 0 Å². The number of morpholine rings is 1. The van der Waals surface area contributed by atoms with Gasteiger partial charge in [-0.25, -0.2) is 8.42 Å². The molecule has 37 heavy (non-hydrogen) atoms. The maximum Gasteiger partial charge on any atom is 0.265 e. The summed E-state index contributed by atoms with van der Waals surface area (Å²) in [7, 11) is -2.31. The number of nitrogens with one attached hydrogen (secondary N) is 1. The summed E-state index contributed by atoms with van der Waals surface area (Å²) in [5, 5.41) is 9.36. The Balaban J connectivity index is 1.71. The lowest BCUT2D eigenvalue weighted by Gasteiger charge is -2.28. The fourth-order valence-electron chi connectivity index (χ4n) is 3.60. The quantitative estimate of drug-likeness (QED) is 0.360. The highest BCUT2D eigenvalue weighted by molar-refractivity contribution is 7.92. The number of methoxy groups -OCH3 is 1. The molecule has 2 N–H and O–H groups in total. The summed E-state index contributed by atoms with van der Waals surface area (Å²) in [6.45, 7) is 1.67. The molecule has 1 aliphatic heterocycles. The van der Waals surface area contributed by atoms with E-state index in [-0.39, 0.29) is 42.4 Å². The van der Waals surface area contributed by atoms with Crippen molar-refractivity contribution in [3.8, 4) is 23.1 Å². The first-order valence-corrected chi connectivity index (χ1v) is 13.5. The van der Waals surface area contributed by atoms with Crippen molar-refractivity contribution in [2.45, 2.75) is 6.42 Å². The molecule has 0 spiro atoms. The lowest BCUT2D eigenvalue weighted by atomic mass is 10.2. The van der Waals surface area contributed by atoms with E-state index in [1.807, 2.05) is 35.2 Å². The molecule has 1 aliphatic rings. The van der Waals surface area contributed by atoms with Crippen LogP contribution in [0.5, 0.6) is 23.1 Å². The van der Waals surface area contributed by atoms with E-state index in [1.54, 1.807) is 24.3 Å². The van der Waals surface area contributed by atoms with Crippen LogP contribution < -0.4 is 23.8 Å². The Morgan fingerprint density at radius 2 is 1.81 bits per heavy atom. The zero-order valence-electron chi connectivity index (χ0n) is 20.5. The van der Waals surface area contributed by atoms with Crippen LogP contribution in [0.4, 0.5) is 11.8 Å². The van der Waals surface area contributed by atoms with E-state index in [0.29, 0.717) is 44.2 Å². The molecule has 0 atom stereocenters. The van der Waals surface area contributed by atoms with E-state index in [4.69, 9.17) is 18.9 Å². The van der Waals surface area contributed by atoms with Gasteiger partial charge in [-0.3, -0.25) is 4.72 Å². The van der Waals surface area contributed by atoms with Crippen molar-refractivity contribution >= 4 is 21.8 Å². The van der Waals surface area contributed by atoms with Gasteiger partial charge in [-0.2, -0.15) is 9.97 Å². The number of benzene rings is 2. The fraction of sp³-hybridized carbons (Fsp3) is 0.360. The molecular weight excluding hydrogens is 500 g/mol. The molecule has 4 rings (SSSR count). The predicted octanol–water partition coefficient (Wildman–Crippen LogP) is 2.47. The number of rotatable bonds is 12. The Labute approximate surface area is 216 Å². The zero-order valence-corrected chi connectivity index (χ0v) is 21.3. The van der Waals surface area contributed by atoms with Crippen LogP contribution in [0.3, 0.4) is 0 Å². The number of nitrogens with zero attached hydrogens (tertiary/aromatic N) is 3. The third kappa shape index (κ3) is 7.44. The smallest absolute Gasteiger partial charge is 0.265 e. The van der Waals surface area contributed by atoms with Crippen LogP contribution in [-0.4, -0.2) is 75.9 Å². The number of sulfonamides is 1. The number of aliphatic hydroxyl groups is 1. The molecule has 3 aromatic rings. The second-order valence-corrected chi connectivity index (χ2v) is 9.96. The Morgan fingerprint density at radius 1 is 1.05 bits per heavy atom. The minimum atomic E-state index is -3.84. The van der Waals surface area contributed by atoms with Gasteiger partial charge < -0.3 is 29.0 Å². The van der Waals surface area contributed by atoms with Gasteiger partial charge in [0.1, 0.15) is 18.1 Å². The number of ether oxygens (including phenoxy) is 4. The number of aliphatic hydroxyl groups excluding tert-OH is 1. The van der Waals surface area contributed by atoms with Crippen LogP contribution in [0.2, 0.25) is 0 Å². The average Bonchev–Trinajstić information content (AvgIpc) is 2.93. The van der Waals surface area contributed by atoms with Crippen molar-refractivity contribution in [1.82, 2.24) is 9.97 Å². The Bertz CT molecular complexity index is 1270. The first-order valence-electron chi connectivity index (χ1n) is 11.8. The maximum absolute atomic E-state index is 13.1. The van der Waals surface area contributed by atoms with Crippen LogP contribution in [0.15, 0.2) is 54.6 Å².